The van der Waals surface area contributed by atoms with Gasteiger partial charge in [0.1, 0.15) is 11.5 Å². The number of benzene rings is 2. The molecule has 0 unspecified atom stereocenters. The highest BCUT2D eigenvalue weighted by atomic mass is 16.5. The molecule has 2 aromatic carbocycles. The summed E-state index contributed by atoms with van der Waals surface area (Å²) < 4.78 is 5.17. The molecule has 1 N–H and O–H groups in total. The van der Waals surface area contributed by atoms with Crippen LogP contribution in [0.4, 0.5) is 0 Å². The smallest absolute Gasteiger partial charge is 0.198 e. The van der Waals surface area contributed by atoms with Gasteiger partial charge in [0.2, 0.25) is 0 Å². The van der Waals surface area contributed by atoms with Gasteiger partial charge in [-0.25, -0.2) is 0 Å². The van der Waals surface area contributed by atoms with E-state index in [2.05, 4.69) is 0 Å². The van der Waals surface area contributed by atoms with Crippen molar-refractivity contribution in [1.29, 1.82) is 0 Å². The summed E-state index contributed by atoms with van der Waals surface area (Å²) in [6, 6.07) is 7.96. The number of rotatable bonds is 1. The van der Waals surface area contributed by atoms with E-state index in [1.54, 1.807) is 31.2 Å². The van der Waals surface area contributed by atoms with Crippen molar-refractivity contribution in [2.75, 3.05) is 7.11 Å². The van der Waals surface area contributed by atoms with E-state index in [-0.39, 0.29) is 39.6 Å². The van der Waals surface area contributed by atoms with E-state index in [9.17, 15) is 14.7 Å². The van der Waals surface area contributed by atoms with Crippen LogP contribution in [0.5, 0.6) is 11.5 Å². The lowest BCUT2D eigenvalue weighted by Crippen LogP contribution is -2.22. The zero-order valence-corrected chi connectivity index (χ0v) is 11.1. The number of fused-ring (bicyclic) bond motifs is 2. The highest BCUT2D eigenvalue weighted by Gasteiger charge is 2.34. The largest absolute Gasteiger partial charge is 0.507 e. The van der Waals surface area contributed by atoms with Crippen LogP contribution in [0.1, 0.15) is 37.4 Å². The third-order valence-corrected chi connectivity index (χ3v) is 3.45. The van der Waals surface area contributed by atoms with Gasteiger partial charge in [0.15, 0.2) is 11.6 Å². The first-order valence-corrected chi connectivity index (χ1v) is 6.14. The number of carbonyl (C=O) groups excluding carboxylic acids is 2. The van der Waals surface area contributed by atoms with Gasteiger partial charge in [-0.2, -0.15) is 0 Å². The summed E-state index contributed by atoms with van der Waals surface area (Å²) in [5.41, 5.74) is 1.55. The molecule has 0 aliphatic heterocycles. The van der Waals surface area contributed by atoms with Gasteiger partial charge in [-0.15, -0.1) is 0 Å². The number of hydrogen-bond donors (Lipinski definition) is 1. The molecule has 0 fully saturated rings. The fourth-order valence-electron chi connectivity index (χ4n) is 2.58. The molecule has 2 aromatic rings. The molecule has 100 valence electrons. The molecule has 0 saturated heterocycles. The summed E-state index contributed by atoms with van der Waals surface area (Å²) in [5.74, 6) is -0.448. The maximum Gasteiger partial charge on any atom is 0.198 e. The van der Waals surface area contributed by atoms with Crippen LogP contribution in [-0.4, -0.2) is 23.8 Å². The first-order chi connectivity index (χ1) is 9.54. The van der Waals surface area contributed by atoms with Gasteiger partial charge >= 0.3 is 0 Å². The molecule has 4 heteroatoms. The fraction of sp³-hybridized carbons (Fsp3) is 0.125. The summed E-state index contributed by atoms with van der Waals surface area (Å²) in [7, 11) is 1.45. The molecule has 0 heterocycles. The van der Waals surface area contributed by atoms with E-state index in [0.29, 0.717) is 5.75 Å². The molecule has 0 radical (unpaired) electrons. The first kappa shape index (κ1) is 12.4. The minimum Gasteiger partial charge on any atom is -0.507 e. The lowest BCUT2D eigenvalue weighted by Gasteiger charge is -2.20. The Labute approximate surface area is 115 Å². The van der Waals surface area contributed by atoms with E-state index in [1.807, 2.05) is 0 Å². The van der Waals surface area contributed by atoms with Crippen LogP contribution in [0.3, 0.4) is 0 Å². The van der Waals surface area contributed by atoms with Crippen molar-refractivity contribution < 1.29 is 19.4 Å². The third-order valence-electron chi connectivity index (χ3n) is 3.45. The van der Waals surface area contributed by atoms with Crippen LogP contribution in [0.2, 0.25) is 0 Å². The summed E-state index contributed by atoms with van der Waals surface area (Å²) in [4.78, 5) is 25.1. The number of aryl methyl sites for hydroxylation is 1. The molecule has 1 aliphatic rings. The molecule has 0 atom stereocenters. The van der Waals surface area contributed by atoms with Crippen molar-refractivity contribution in [2.24, 2.45) is 0 Å². The summed E-state index contributed by atoms with van der Waals surface area (Å²) >= 11 is 0. The second-order valence-corrected chi connectivity index (χ2v) is 4.75. The summed E-state index contributed by atoms with van der Waals surface area (Å²) in [6.07, 6.45) is 0. The van der Waals surface area contributed by atoms with E-state index in [1.165, 1.54) is 13.2 Å². The minimum absolute atomic E-state index is 0.0707. The normalized spacial score (nSPS) is 12.9. The van der Waals surface area contributed by atoms with Gasteiger partial charge < -0.3 is 9.84 Å². The Morgan fingerprint density at radius 3 is 2.40 bits per heavy atom. The number of aromatic hydroxyl groups is 1. The lowest BCUT2D eigenvalue weighted by atomic mass is 9.82. The van der Waals surface area contributed by atoms with E-state index >= 15 is 0 Å². The highest BCUT2D eigenvalue weighted by Crippen LogP contribution is 2.37. The number of phenolic OH excluding ortho intramolecular Hbond substituents is 1. The Bertz CT molecular complexity index is 759. The Morgan fingerprint density at radius 2 is 1.70 bits per heavy atom. The van der Waals surface area contributed by atoms with Crippen molar-refractivity contribution in [3.8, 4) is 11.5 Å². The Morgan fingerprint density at radius 1 is 1.00 bits per heavy atom. The fourth-order valence-corrected chi connectivity index (χ4v) is 2.58. The summed E-state index contributed by atoms with van der Waals surface area (Å²) in [6.45, 7) is 1.76. The van der Waals surface area contributed by atoms with Crippen LogP contribution in [-0.2, 0) is 0 Å². The topological polar surface area (TPSA) is 63.6 Å². The predicted octanol–water partition coefficient (Wildman–Crippen LogP) is 2.48. The average molecular weight is 268 g/mol. The zero-order chi connectivity index (χ0) is 14.4. The van der Waals surface area contributed by atoms with Crippen molar-refractivity contribution in [3.05, 3.63) is 58.1 Å². The maximum atomic E-state index is 12.6. The second kappa shape index (κ2) is 4.20. The highest BCUT2D eigenvalue weighted by molar-refractivity contribution is 6.30. The van der Waals surface area contributed by atoms with Gasteiger partial charge in [0.25, 0.3) is 0 Å². The predicted molar refractivity (Wildman–Crippen MR) is 72.7 cm³/mol. The zero-order valence-electron chi connectivity index (χ0n) is 11.1. The van der Waals surface area contributed by atoms with Crippen LogP contribution in [0.15, 0.2) is 30.3 Å². The number of ether oxygens (including phenoxy) is 1. The van der Waals surface area contributed by atoms with E-state index < -0.39 is 0 Å². The van der Waals surface area contributed by atoms with Crippen molar-refractivity contribution in [2.45, 2.75) is 6.92 Å². The number of phenols is 1. The standard InChI is InChI=1S/C16H12O4/c1-8-6-10-13(11(17)7-8)15(18)9-4-3-5-12(20-2)14(9)16(10)19/h3-7,17H,1-2H3. The van der Waals surface area contributed by atoms with E-state index in [0.717, 1.165) is 5.56 Å². The third kappa shape index (κ3) is 1.54. The van der Waals surface area contributed by atoms with Gasteiger partial charge in [0, 0.05) is 11.1 Å². The number of ketones is 2. The molecule has 1 aliphatic carbocycles. The Kier molecular flexibility index (Phi) is 2.61. The second-order valence-electron chi connectivity index (χ2n) is 4.75. The molecule has 4 nitrogen and oxygen atoms in total. The van der Waals surface area contributed by atoms with Crippen LogP contribution < -0.4 is 4.74 Å². The Balaban J connectivity index is 2.37. The Hall–Kier alpha value is -2.62. The molecule has 3 rings (SSSR count). The van der Waals surface area contributed by atoms with Crippen LogP contribution in [0.25, 0.3) is 0 Å². The molecule has 0 saturated carbocycles. The first-order valence-electron chi connectivity index (χ1n) is 6.14. The molecule has 0 aromatic heterocycles. The monoisotopic (exact) mass is 268 g/mol. The van der Waals surface area contributed by atoms with Gasteiger partial charge in [-0.1, -0.05) is 12.1 Å². The van der Waals surface area contributed by atoms with Gasteiger partial charge in [-0.3, -0.25) is 9.59 Å². The minimum atomic E-state index is -0.356. The summed E-state index contributed by atoms with van der Waals surface area (Å²) in [5, 5.41) is 9.97. The quantitative estimate of drug-likeness (QED) is 0.736. The number of carbonyl (C=O) groups is 2. The van der Waals surface area contributed by atoms with Crippen LogP contribution >= 0.6 is 0 Å². The SMILES string of the molecule is COc1cccc2c1C(=O)c1cc(C)cc(O)c1C2=O. The lowest BCUT2D eigenvalue weighted by molar-refractivity contribution is 0.0974. The van der Waals surface area contributed by atoms with Crippen molar-refractivity contribution in [1.82, 2.24) is 0 Å². The molecule has 0 spiro atoms. The van der Waals surface area contributed by atoms with Gasteiger partial charge in [-0.05, 0) is 30.7 Å². The van der Waals surface area contributed by atoms with Gasteiger partial charge in [0.05, 0.1) is 18.2 Å². The molecular weight excluding hydrogens is 256 g/mol. The van der Waals surface area contributed by atoms with Crippen LogP contribution in [0, 0.1) is 6.92 Å². The molecule has 20 heavy (non-hydrogen) atoms. The number of methoxy groups -OCH3 is 1. The van der Waals surface area contributed by atoms with Crippen molar-refractivity contribution in [3.63, 3.8) is 0 Å². The molecule has 0 bridgehead atoms. The molecule has 0 amide bonds. The average Bonchev–Trinajstić information content (AvgIpc) is 2.43. The molecular formula is C16H12O4. The number of hydrogen-bond acceptors (Lipinski definition) is 4. The van der Waals surface area contributed by atoms with E-state index in [4.69, 9.17) is 4.74 Å². The maximum absolute atomic E-state index is 12.6. The van der Waals surface area contributed by atoms with Crippen molar-refractivity contribution >= 4 is 11.6 Å².